The predicted octanol–water partition coefficient (Wildman–Crippen LogP) is 0.729. The molecule has 0 bridgehead atoms. The third kappa shape index (κ3) is 4.17. The Bertz CT molecular complexity index is 419. The van der Waals surface area contributed by atoms with Gasteiger partial charge >= 0.3 is 0 Å². The quantitative estimate of drug-likeness (QED) is 0.849. The second kappa shape index (κ2) is 7.04. The summed E-state index contributed by atoms with van der Waals surface area (Å²) in [4.78, 5) is 22.3. The van der Waals surface area contributed by atoms with Crippen LogP contribution in [0, 0.1) is 0 Å². The largest absolute Gasteiger partial charge is 0.375 e. The standard InChI is InChI=1S/C13H20N4O2/c1-19-10-12(18)15-9-11-5-6-14-13(16-11)17-7-3-2-4-8-17/h5-6H,2-4,7-10H2,1H3,(H,15,18). The monoisotopic (exact) mass is 264 g/mol. The summed E-state index contributed by atoms with van der Waals surface area (Å²) < 4.78 is 4.76. The molecule has 6 heteroatoms. The Morgan fingerprint density at radius 1 is 1.42 bits per heavy atom. The van der Waals surface area contributed by atoms with Gasteiger partial charge in [-0.05, 0) is 25.3 Å². The summed E-state index contributed by atoms with van der Waals surface area (Å²) >= 11 is 0. The third-order valence-corrected chi connectivity index (χ3v) is 3.08. The molecule has 0 aliphatic carbocycles. The van der Waals surface area contributed by atoms with Crippen LogP contribution in [0.1, 0.15) is 25.0 Å². The van der Waals surface area contributed by atoms with Crippen LogP contribution in [0.3, 0.4) is 0 Å². The van der Waals surface area contributed by atoms with Crippen molar-refractivity contribution < 1.29 is 9.53 Å². The lowest BCUT2D eigenvalue weighted by atomic mass is 10.1. The Hall–Kier alpha value is -1.69. The van der Waals surface area contributed by atoms with Crippen LogP contribution in [0.25, 0.3) is 0 Å². The van der Waals surface area contributed by atoms with Crippen molar-refractivity contribution in [2.75, 3.05) is 31.7 Å². The van der Waals surface area contributed by atoms with Crippen molar-refractivity contribution in [2.45, 2.75) is 25.8 Å². The maximum Gasteiger partial charge on any atom is 0.246 e. The molecule has 6 nitrogen and oxygen atoms in total. The summed E-state index contributed by atoms with van der Waals surface area (Å²) in [7, 11) is 1.50. The number of carbonyl (C=O) groups is 1. The molecule has 0 saturated carbocycles. The fraction of sp³-hybridized carbons (Fsp3) is 0.615. The van der Waals surface area contributed by atoms with Gasteiger partial charge < -0.3 is 15.0 Å². The van der Waals surface area contributed by atoms with E-state index in [1.165, 1.54) is 26.4 Å². The molecule has 0 aromatic carbocycles. The maximum absolute atomic E-state index is 11.3. The molecule has 19 heavy (non-hydrogen) atoms. The van der Waals surface area contributed by atoms with Gasteiger partial charge in [-0.25, -0.2) is 9.97 Å². The Kier molecular flexibility index (Phi) is 5.09. The number of piperidine rings is 1. The highest BCUT2D eigenvalue weighted by Crippen LogP contribution is 2.15. The number of ether oxygens (including phenoxy) is 1. The van der Waals surface area contributed by atoms with Crippen LogP contribution in [0.15, 0.2) is 12.3 Å². The smallest absolute Gasteiger partial charge is 0.246 e. The minimum Gasteiger partial charge on any atom is -0.375 e. The van der Waals surface area contributed by atoms with Crippen LogP contribution < -0.4 is 10.2 Å². The molecule has 0 unspecified atom stereocenters. The summed E-state index contributed by atoms with van der Waals surface area (Å²) in [6.45, 7) is 2.51. The lowest BCUT2D eigenvalue weighted by Gasteiger charge is -2.26. The van der Waals surface area contributed by atoms with Crippen molar-refractivity contribution >= 4 is 11.9 Å². The second-order valence-corrected chi connectivity index (χ2v) is 4.61. The van der Waals surface area contributed by atoms with Gasteiger partial charge in [-0.3, -0.25) is 4.79 Å². The molecule has 1 N–H and O–H groups in total. The van der Waals surface area contributed by atoms with Crippen LogP contribution in [-0.2, 0) is 16.1 Å². The van der Waals surface area contributed by atoms with Gasteiger partial charge in [0.1, 0.15) is 6.61 Å². The van der Waals surface area contributed by atoms with E-state index < -0.39 is 0 Å². The van der Waals surface area contributed by atoms with E-state index >= 15 is 0 Å². The first-order chi connectivity index (χ1) is 9.29. The fourth-order valence-electron chi connectivity index (χ4n) is 2.10. The van der Waals surface area contributed by atoms with Gasteiger partial charge in [0.25, 0.3) is 0 Å². The molecule has 0 atom stereocenters. The number of hydrogen-bond donors (Lipinski definition) is 1. The molecular weight excluding hydrogens is 244 g/mol. The minimum atomic E-state index is -0.138. The third-order valence-electron chi connectivity index (χ3n) is 3.08. The van der Waals surface area contributed by atoms with Gasteiger partial charge in [-0.1, -0.05) is 0 Å². The molecule has 1 aromatic heterocycles. The fourth-order valence-corrected chi connectivity index (χ4v) is 2.10. The molecule has 1 aliphatic rings. The van der Waals surface area contributed by atoms with Crippen LogP contribution in [0.4, 0.5) is 5.95 Å². The van der Waals surface area contributed by atoms with Crippen molar-refractivity contribution in [3.8, 4) is 0 Å². The molecule has 1 aliphatic heterocycles. The van der Waals surface area contributed by atoms with Crippen molar-refractivity contribution in [1.82, 2.24) is 15.3 Å². The van der Waals surface area contributed by atoms with Crippen molar-refractivity contribution in [3.63, 3.8) is 0 Å². The SMILES string of the molecule is COCC(=O)NCc1ccnc(N2CCCCC2)n1. The number of methoxy groups -OCH3 is 1. The van der Waals surface area contributed by atoms with E-state index in [0.29, 0.717) is 6.54 Å². The van der Waals surface area contributed by atoms with Gasteiger partial charge in [0.15, 0.2) is 0 Å². The summed E-state index contributed by atoms with van der Waals surface area (Å²) in [5.74, 6) is 0.624. The Balaban J connectivity index is 1.92. The van der Waals surface area contributed by atoms with Gasteiger partial charge in [0, 0.05) is 26.4 Å². The maximum atomic E-state index is 11.3. The highest BCUT2D eigenvalue weighted by atomic mass is 16.5. The number of nitrogens with one attached hydrogen (secondary N) is 1. The topological polar surface area (TPSA) is 67.3 Å². The zero-order valence-electron chi connectivity index (χ0n) is 11.3. The highest BCUT2D eigenvalue weighted by molar-refractivity contribution is 5.77. The molecule has 1 amide bonds. The summed E-state index contributed by atoms with van der Waals surface area (Å²) in [6, 6.07) is 1.82. The Morgan fingerprint density at radius 2 is 2.21 bits per heavy atom. The molecule has 2 heterocycles. The highest BCUT2D eigenvalue weighted by Gasteiger charge is 2.13. The number of rotatable bonds is 5. The summed E-state index contributed by atoms with van der Waals surface area (Å²) in [6.07, 6.45) is 5.41. The zero-order chi connectivity index (χ0) is 13.5. The molecular formula is C13H20N4O2. The number of hydrogen-bond acceptors (Lipinski definition) is 5. The first kappa shape index (κ1) is 13.7. The normalized spacial score (nSPS) is 15.3. The van der Waals surface area contributed by atoms with E-state index in [1.54, 1.807) is 6.20 Å². The average Bonchev–Trinajstić information content (AvgIpc) is 2.47. The van der Waals surface area contributed by atoms with Crippen LogP contribution in [0.2, 0.25) is 0 Å². The predicted molar refractivity (Wildman–Crippen MR) is 71.8 cm³/mol. The number of carbonyl (C=O) groups excluding carboxylic acids is 1. The van der Waals surface area contributed by atoms with Gasteiger partial charge in [0.05, 0.1) is 12.2 Å². The van der Waals surface area contributed by atoms with Crippen LogP contribution in [-0.4, -0.2) is 42.7 Å². The van der Waals surface area contributed by atoms with E-state index in [0.717, 1.165) is 24.7 Å². The van der Waals surface area contributed by atoms with E-state index in [2.05, 4.69) is 20.2 Å². The van der Waals surface area contributed by atoms with Gasteiger partial charge in [0.2, 0.25) is 11.9 Å². The van der Waals surface area contributed by atoms with Crippen molar-refractivity contribution in [2.24, 2.45) is 0 Å². The number of amides is 1. The van der Waals surface area contributed by atoms with E-state index in [4.69, 9.17) is 4.74 Å². The molecule has 104 valence electrons. The van der Waals surface area contributed by atoms with E-state index in [1.807, 2.05) is 6.07 Å². The molecule has 2 rings (SSSR count). The van der Waals surface area contributed by atoms with E-state index in [9.17, 15) is 4.79 Å². The first-order valence-corrected chi connectivity index (χ1v) is 6.62. The van der Waals surface area contributed by atoms with Gasteiger partial charge in [-0.2, -0.15) is 0 Å². The van der Waals surface area contributed by atoms with Crippen molar-refractivity contribution in [3.05, 3.63) is 18.0 Å². The number of nitrogens with zero attached hydrogens (tertiary/aromatic N) is 3. The number of aromatic nitrogens is 2. The van der Waals surface area contributed by atoms with Gasteiger partial charge in [-0.15, -0.1) is 0 Å². The molecule has 1 fully saturated rings. The molecule has 1 saturated heterocycles. The second-order valence-electron chi connectivity index (χ2n) is 4.61. The molecule has 1 aromatic rings. The molecule has 0 spiro atoms. The van der Waals surface area contributed by atoms with E-state index in [-0.39, 0.29) is 12.5 Å². The lowest BCUT2D eigenvalue weighted by molar-refractivity contribution is -0.124. The lowest BCUT2D eigenvalue weighted by Crippen LogP contribution is -2.31. The Morgan fingerprint density at radius 3 is 2.95 bits per heavy atom. The summed E-state index contributed by atoms with van der Waals surface area (Å²) in [5, 5.41) is 2.76. The van der Waals surface area contributed by atoms with Crippen molar-refractivity contribution in [1.29, 1.82) is 0 Å². The van der Waals surface area contributed by atoms with Crippen LogP contribution >= 0.6 is 0 Å². The Labute approximate surface area is 113 Å². The minimum absolute atomic E-state index is 0.0735. The first-order valence-electron chi connectivity index (χ1n) is 6.62. The number of anilines is 1. The van der Waals surface area contributed by atoms with Crippen LogP contribution in [0.5, 0.6) is 0 Å². The summed E-state index contributed by atoms with van der Waals surface area (Å²) in [5.41, 5.74) is 0.819. The molecule has 0 radical (unpaired) electrons. The average molecular weight is 264 g/mol. The zero-order valence-corrected chi connectivity index (χ0v) is 11.3.